The van der Waals surface area contributed by atoms with Crippen LogP contribution < -0.4 is 10.6 Å². The lowest BCUT2D eigenvalue weighted by molar-refractivity contribution is -0.126. The van der Waals surface area contributed by atoms with Crippen molar-refractivity contribution in [3.63, 3.8) is 0 Å². The number of aliphatic hydroxyl groups excluding tert-OH is 1. The number of sulfonamides is 1. The van der Waals surface area contributed by atoms with E-state index in [2.05, 4.69) is 10.6 Å². The van der Waals surface area contributed by atoms with Crippen molar-refractivity contribution in [1.29, 1.82) is 0 Å². The van der Waals surface area contributed by atoms with E-state index in [9.17, 15) is 27.5 Å². The lowest BCUT2D eigenvalue weighted by atomic mass is 9.99. The molecule has 3 N–H and O–H groups in total. The van der Waals surface area contributed by atoms with Crippen molar-refractivity contribution in [3.8, 4) is 0 Å². The Labute approximate surface area is 192 Å². The molecule has 1 saturated heterocycles. The van der Waals surface area contributed by atoms with Crippen LogP contribution in [0.1, 0.15) is 30.9 Å². The Kier molecular flexibility index (Phi) is 8.54. The summed E-state index contributed by atoms with van der Waals surface area (Å²) in [5, 5.41) is 15.4. The fourth-order valence-electron chi connectivity index (χ4n) is 3.67. The van der Waals surface area contributed by atoms with Gasteiger partial charge in [0.1, 0.15) is 5.82 Å². The third-order valence-corrected chi connectivity index (χ3v) is 7.41. The zero-order valence-electron chi connectivity index (χ0n) is 18.1. The van der Waals surface area contributed by atoms with Crippen LogP contribution in [0.4, 0.5) is 4.39 Å². The minimum absolute atomic E-state index is 0.0145. The molecule has 1 aliphatic heterocycles. The van der Waals surface area contributed by atoms with Gasteiger partial charge in [-0.15, -0.1) is 0 Å². The van der Waals surface area contributed by atoms with Crippen LogP contribution in [0.15, 0.2) is 59.5 Å². The molecule has 0 bridgehead atoms. The molecular formula is C23H28FN3O5S. The topological polar surface area (TPSA) is 116 Å². The molecule has 0 radical (unpaired) electrons. The standard InChI is InChI=1S/C23H28FN3O5S/c24-19-8-10-20(11-9-19)33(31,32)27-14-4-7-18(16-27)23(30)25-13-12-22(29)26-15-21(28)17-5-2-1-3-6-17/h1-3,5-6,8-11,18,21,28H,4,7,12-16H2,(H,25,30)(H,26,29)/t18-,21+/m0/s1. The Morgan fingerprint density at radius 3 is 2.48 bits per heavy atom. The molecule has 3 rings (SSSR count). The monoisotopic (exact) mass is 477 g/mol. The summed E-state index contributed by atoms with van der Waals surface area (Å²) < 4.78 is 40.0. The lowest BCUT2D eigenvalue weighted by Gasteiger charge is -2.31. The van der Waals surface area contributed by atoms with Gasteiger partial charge in [0.05, 0.1) is 16.9 Å². The van der Waals surface area contributed by atoms with Gasteiger partial charge in [-0.2, -0.15) is 4.31 Å². The number of carbonyl (C=O) groups is 2. The molecule has 10 heteroatoms. The summed E-state index contributed by atoms with van der Waals surface area (Å²) >= 11 is 0. The molecule has 0 saturated carbocycles. The summed E-state index contributed by atoms with van der Waals surface area (Å²) in [7, 11) is -3.82. The number of rotatable bonds is 9. The minimum Gasteiger partial charge on any atom is -0.387 e. The van der Waals surface area contributed by atoms with Gasteiger partial charge >= 0.3 is 0 Å². The molecule has 8 nitrogen and oxygen atoms in total. The van der Waals surface area contributed by atoms with Crippen LogP contribution >= 0.6 is 0 Å². The Morgan fingerprint density at radius 1 is 1.09 bits per heavy atom. The average Bonchev–Trinajstić information content (AvgIpc) is 2.83. The largest absolute Gasteiger partial charge is 0.387 e. The van der Waals surface area contributed by atoms with Gasteiger partial charge in [-0.1, -0.05) is 30.3 Å². The fraction of sp³-hybridized carbons (Fsp3) is 0.391. The minimum atomic E-state index is -3.82. The smallest absolute Gasteiger partial charge is 0.243 e. The van der Waals surface area contributed by atoms with E-state index in [0.717, 1.165) is 12.1 Å². The van der Waals surface area contributed by atoms with Crippen molar-refractivity contribution < 1.29 is 27.5 Å². The number of piperidine rings is 1. The Balaban J connectivity index is 1.43. The van der Waals surface area contributed by atoms with Crippen molar-refractivity contribution in [2.24, 2.45) is 5.92 Å². The predicted molar refractivity (Wildman–Crippen MR) is 120 cm³/mol. The predicted octanol–water partition coefficient (Wildman–Crippen LogP) is 1.58. The van der Waals surface area contributed by atoms with E-state index in [1.165, 1.54) is 16.4 Å². The normalized spacial score (nSPS) is 17.8. The molecule has 2 atom stereocenters. The summed E-state index contributed by atoms with van der Waals surface area (Å²) in [4.78, 5) is 24.5. The van der Waals surface area contributed by atoms with Gasteiger partial charge in [-0.05, 0) is 42.7 Å². The van der Waals surface area contributed by atoms with E-state index in [1.807, 2.05) is 6.07 Å². The molecule has 1 heterocycles. The number of benzene rings is 2. The Hall–Kier alpha value is -2.82. The zero-order valence-corrected chi connectivity index (χ0v) is 18.9. The highest BCUT2D eigenvalue weighted by molar-refractivity contribution is 7.89. The van der Waals surface area contributed by atoms with Crippen molar-refractivity contribution in [2.75, 3.05) is 26.2 Å². The molecular weight excluding hydrogens is 449 g/mol. The van der Waals surface area contributed by atoms with Crippen molar-refractivity contribution in [1.82, 2.24) is 14.9 Å². The molecule has 2 aromatic rings. The number of hydrogen-bond donors (Lipinski definition) is 3. The molecule has 178 valence electrons. The van der Waals surface area contributed by atoms with Crippen LogP contribution in [-0.4, -0.2) is 55.8 Å². The summed E-state index contributed by atoms with van der Waals surface area (Å²) in [6.45, 7) is 0.486. The molecule has 2 aromatic carbocycles. The number of carbonyl (C=O) groups excluding carboxylic acids is 2. The van der Waals surface area contributed by atoms with Crippen molar-refractivity contribution >= 4 is 21.8 Å². The van der Waals surface area contributed by atoms with E-state index in [4.69, 9.17) is 0 Å². The zero-order chi connectivity index (χ0) is 23.8. The molecule has 0 unspecified atom stereocenters. The number of hydrogen-bond acceptors (Lipinski definition) is 5. The summed E-state index contributed by atoms with van der Waals surface area (Å²) in [6, 6.07) is 13.6. The van der Waals surface area contributed by atoms with Crippen LogP contribution in [0.3, 0.4) is 0 Å². The van der Waals surface area contributed by atoms with Crippen molar-refractivity contribution in [2.45, 2.75) is 30.3 Å². The van der Waals surface area contributed by atoms with Gasteiger partial charge in [0.15, 0.2) is 0 Å². The number of halogens is 1. The fourth-order valence-corrected chi connectivity index (χ4v) is 5.19. The van der Waals surface area contributed by atoms with Gasteiger partial charge in [0.2, 0.25) is 21.8 Å². The first-order valence-corrected chi connectivity index (χ1v) is 12.2. The van der Waals surface area contributed by atoms with Crippen LogP contribution in [0.2, 0.25) is 0 Å². The number of nitrogens with zero attached hydrogens (tertiary/aromatic N) is 1. The number of nitrogens with one attached hydrogen (secondary N) is 2. The molecule has 33 heavy (non-hydrogen) atoms. The maximum absolute atomic E-state index is 13.1. The van der Waals surface area contributed by atoms with Crippen LogP contribution in [0.5, 0.6) is 0 Å². The van der Waals surface area contributed by atoms with E-state index >= 15 is 0 Å². The lowest BCUT2D eigenvalue weighted by Crippen LogP contribution is -2.45. The quantitative estimate of drug-likeness (QED) is 0.507. The molecule has 1 fully saturated rings. The number of amides is 2. The average molecular weight is 478 g/mol. The van der Waals surface area contributed by atoms with Crippen LogP contribution in [0.25, 0.3) is 0 Å². The van der Waals surface area contributed by atoms with Gasteiger partial charge in [0, 0.05) is 32.6 Å². The molecule has 0 aliphatic carbocycles. The van der Waals surface area contributed by atoms with E-state index in [1.54, 1.807) is 24.3 Å². The highest BCUT2D eigenvalue weighted by Gasteiger charge is 2.33. The summed E-state index contributed by atoms with van der Waals surface area (Å²) in [6.07, 6.45) is 0.283. The van der Waals surface area contributed by atoms with Crippen LogP contribution in [0, 0.1) is 11.7 Å². The maximum atomic E-state index is 13.1. The third-order valence-electron chi connectivity index (χ3n) is 5.53. The van der Waals surface area contributed by atoms with E-state index in [0.29, 0.717) is 18.4 Å². The van der Waals surface area contributed by atoms with Gasteiger partial charge < -0.3 is 15.7 Å². The van der Waals surface area contributed by atoms with Crippen LogP contribution in [-0.2, 0) is 19.6 Å². The Morgan fingerprint density at radius 2 is 1.79 bits per heavy atom. The first-order valence-electron chi connectivity index (χ1n) is 10.8. The van der Waals surface area contributed by atoms with E-state index in [-0.39, 0.29) is 49.3 Å². The second-order valence-corrected chi connectivity index (χ2v) is 9.87. The summed E-state index contributed by atoms with van der Waals surface area (Å²) in [5.74, 6) is -1.68. The highest BCUT2D eigenvalue weighted by Crippen LogP contribution is 2.24. The van der Waals surface area contributed by atoms with Gasteiger partial charge in [-0.25, -0.2) is 12.8 Å². The third kappa shape index (κ3) is 6.83. The molecule has 1 aliphatic rings. The highest BCUT2D eigenvalue weighted by atomic mass is 32.2. The first-order chi connectivity index (χ1) is 15.8. The second-order valence-electron chi connectivity index (χ2n) is 7.93. The maximum Gasteiger partial charge on any atom is 0.243 e. The first kappa shape index (κ1) is 24.8. The summed E-state index contributed by atoms with van der Waals surface area (Å²) in [5.41, 5.74) is 0.698. The van der Waals surface area contributed by atoms with Gasteiger partial charge in [-0.3, -0.25) is 9.59 Å². The van der Waals surface area contributed by atoms with Crippen molar-refractivity contribution in [3.05, 3.63) is 66.0 Å². The Bertz CT molecular complexity index is 1050. The SMILES string of the molecule is O=C(CCNC(=O)[C@H]1CCCN(S(=O)(=O)c2ccc(F)cc2)C1)NC[C@@H](O)c1ccccc1. The molecule has 0 spiro atoms. The molecule has 2 amide bonds. The van der Waals surface area contributed by atoms with E-state index < -0.39 is 27.9 Å². The van der Waals surface area contributed by atoms with Gasteiger partial charge in [0.25, 0.3) is 0 Å². The number of aliphatic hydroxyl groups is 1. The molecule has 0 aromatic heterocycles. The second kappa shape index (κ2) is 11.4.